The van der Waals surface area contributed by atoms with Crippen molar-refractivity contribution in [1.82, 2.24) is 9.97 Å². The predicted molar refractivity (Wildman–Crippen MR) is 99.6 cm³/mol. The highest BCUT2D eigenvalue weighted by Crippen LogP contribution is 2.21. The van der Waals surface area contributed by atoms with Crippen LogP contribution >= 0.6 is 11.6 Å². The number of nitrogens with one attached hydrogen (secondary N) is 1. The number of hydrazone groups is 1. The van der Waals surface area contributed by atoms with E-state index in [1.165, 1.54) is 0 Å². The first-order valence-corrected chi connectivity index (χ1v) is 7.96. The number of aromatic nitrogens is 2. The molecule has 0 radical (unpaired) electrons. The minimum atomic E-state index is 0.680. The number of hydrogen-bond acceptors (Lipinski definition) is 4. The van der Waals surface area contributed by atoms with Crippen LogP contribution < -0.4 is 5.43 Å². The first-order valence-electron chi connectivity index (χ1n) is 7.59. The Balaban J connectivity index is 1.86. The Kier molecular flexibility index (Phi) is 4.87. The SMILES string of the molecule is Cc1nc(-c2ccccc2)nc(NN=Cc2cccc(Cl)c2)c1C. The van der Waals surface area contributed by atoms with Crippen LogP contribution in [-0.4, -0.2) is 16.2 Å². The van der Waals surface area contributed by atoms with Gasteiger partial charge in [-0.05, 0) is 31.5 Å². The van der Waals surface area contributed by atoms with Crippen molar-refractivity contribution in [3.63, 3.8) is 0 Å². The minimum absolute atomic E-state index is 0.680. The zero-order valence-corrected chi connectivity index (χ0v) is 14.2. The van der Waals surface area contributed by atoms with E-state index in [1.54, 1.807) is 6.21 Å². The first kappa shape index (κ1) is 16.1. The van der Waals surface area contributed by atoms with Gasteiger partial charge in [-0.2, -0.15) is 5.10 Å². The van der Waals surface area contributed by atoms with Crippen LogP contribution in [0.1, 0.15) is 16.8 Å². The van der Waals surface area contributed by atoms with Gasteiger partial charge in [-0.1, -0.05) is 54.1 Å². The maximum atomic E-state index is 5.97. The van der Waals surface area contributed by atoms with Crippen molar-refractivity contribution in [3.8, 4) is 11.4 Å². The molecule has 5 heteroatoms. The summed E-state index contributed by atoms with van der Waals surface area (Å²) in [5, 5.41) is 4.95. The third-order valence-electron chi connectivity index (χ3n) is 3.65. The highest BCUT2D eigenvalue weighted by Gasteiger charge is 2.08. The predicted octanol–water partition coefficient (Wildman–Crippen LogP) is 4.86. The first-order chi connectivity index (χ1) is 11.6. The fraction of sp³-hybridized carbons (Fsp3) is 0.105. The molecule has 120 valence electrons. The third kappa shape index (κ3) is 3.78. The molecule has 0 aliphatic heterocycles. The summed E-state index contributed by atoms with van der Waals surface area (Å²) >= 11 is 5.97. The van der Waals surface area contributed by atoms with Crippen LogP contribution in [-0.2, 0) is 0 Å². The second kappa shape index (κ2) is 7.23. The fourth-order valence-electron chi connectivity index (χ4n) is 2.21. The Morgan fingerprint density at radius 2 is 1.79 bits per heavy atom. The smallest absolute Gasteiger partial charge is 0.161 e. The Hall–Kier alpha value is -2.72. The van der Waals surface area contributed by atoms with Gasteiger partial charge in [0.25, 0.3) is 0 Å². The van der Waals surface area contributed by atoms with Gasteiger partial charge in [0.15, 0.2) is 11.6 Å². The summed E-state index contributed by atoms with van der Waals surface area (Å²) in [6.07, 6.45) is 1.71. The van der Waals surface area contributed by atoms with Crippen molar-refractivity contribution >= 4 is 23.6 Å². The van der Waals surface area contributed by atoms with Crippen LogP contribution in [0, 0.1) is 13.8 Å². The van der Waals surface area contributed by atoms with Crippen molar-refractivity contribution in [3.05, 3.63) is 76.4 Å². The number of hydrogen-bond donors (Lipinski definition) is 1. The lowest BCUT2D eigenvalue weighted by atomic mass is 10.2. The Bertz CT molecular complexity index is 876. The average molecular weight is 337 g/mol. The summed E-state index contributed by atoms with van der Waals surface area (Å²) in [5.41, 5.74) is 6.79. The van der Waals surface area contributed by atoms with Crippen LogP contribution in [0.3, 0.4) is 0 Å². The van der Waals surface area contributed by atoms with Crippen LogP contribution in [0.2, 0.25) is 5.02 Å². The van der Waals surface area contributed by atoms with Gasteiger partial charge in [0.1, 0.15) is 0 Å². The summed E-state index contributed by atoms with van der Waals surface area (Å²) in [5.74, 6) is 1.37. The highest BCUT2D eigenvalue weighted by atomic mass is 35.5. The molecule has 1 heterocycles. The maximum Gasteiger partial charge on any atom is 0.161 e. The van der Waals surface area contributed by atoms with E-state index >= 15 is 0 Å². The molecule has 0 aliphatic carbocycles. The number of aryl methyl sites for hydroxylation is 1. The molecule has 24 heavy (non-hydrogen) atoms. The fourth-order valence-corrected chi connectivity index (χ4v) is 2.41. The van der Waals surface area contributed by atoms with Gasteiger partial charge in [-0.15, -0.1) is 0 Å². The topological polar surface area (TPSA) is 50.2 Å². The number of halogens is 1. The van der Waals surface area contributed by atoms with Crippen molar-refractivity contribution in [2.45, 2.75) is 13.8 Å². The van der Waals surface area contributed by atoms with Crippen molar-refractivity contribution in [2.75, 3.05) is 5.43 Å². The van der Waals surface area contributed by atoms with Crippen LogP contribution in [0.15, 0.2) is 59.7 Å². The van der Waals surface area contributed by atoms with Gasteiger partial charge in [0, 0.05) is 21.8 Å². The van der Waals surface area contributed by atoms with Crippen molar-refractivity contribution < 1.29 is 0 Å². The summed E-state index contributed by atoms with van der Waals surface area (Å²) < 4.78 is 0. The van der Waals surface area contributed by atoms with Crippen LogP contribution in [0.5, 0.6) is 0 Å². The molecule has 0 fully saturated rings. The molecule has 0 saturated carbocycles. The number of anilines is 1. The van der Waals surface area contributed by atoms with Crippen molar-refractivity contribution in [1.29, 1.82) is 0 Å². The second-order valence-corrected chi connectivity index (χ2v) is 5.83. The van der Waals surface area contributed by atoms with E-state index in [9.17, 15) is 0 Å². The lowest BCUT2D eigenvalue weighted by molar-refractivity contribution is 1.06. The number of benzene rings is 2. The molecule has 0 bridgehead atoms. The number of rotatable bonds is 4. The van der Waals surface area contributed by atoms with E-state index in [2.05, 4.69) is 20.5 Å². The lowest BCUT2D eigenvalue weighted by Gasteiger charge is -2.09. The van der Waals surface area contributed by atoms with Crippen LogP contribution in [0.4, 0.5) is 5.82 Å². The number of nitrogens with zero attached hydrogens (tertiary/aromatic N) is 3. The molecule has 0 saturated heterocycles. The quantitative estimate of drug-likeness (QED) is 0.546. The van der Waals surface area contributed by atoms with E-state index in [0.29, 0.717) is 16.7 Å². The minimum Gasteiger partial charge on any atom is -0.261 e. The molecule has 3 aromatic rings. The average Bonchev–Trinajstić information content (AvgIpc) is 2.59. The third-order valence-corrected chi connectivity index (χ3v) is 3.89. The van der Waals surface area contributed by atoms with Gasteiger partial charge in [0.2, 0.25) is 0 Å². The molecule has 0 aliphatic rings. The summed E-state index contributed by atoms with van der Waals surface area (Å²) in [6.45, 7) is 3.94. The zero-order valence-electron chi connectivity index (χ0n) is 13.5. The van der Waals surface area contributed by atoms with E-state index < -0.39 is 0 Å². The molecular weight excluding hydrogens is 320 g/mol. The zero-order chi connectivity index (χ0) is 16.9. The van der Waals surface area contributed by atoms with Crippen molar-refractivity contribution in [2.24, 2.45) is 5.10 Å². The molecule has 3 rings (SSSR count). The molecule has 0 unspecified atom stereocenters. The summed E-state index contributed by atoms with van der Waals surface area (Å²) in [7, 11) is 0. The molecular formula is C19H17ClN4. The lowest BCUT2D eigenvalue weighted by Crippen LogP contribution is -2.03. The standard InChI is InChI=1S/C19H17ClN4/c1-13-14(2)22-19(16-8-4-3-5-9-16)23-18(13)24-21-12-15-7-6-10-17(20)11-15/h3-12H,1-2H3,(H,22,23,24). The van der Waals surface area contributed by atoms with E-state index in [0.717, 1.165) is 22.4 Å². The van der Waals surface area contributed by atoms with E-state index in [1.807, 2.05) is 68.4 Å². The monoisotopic (exact) mass is 336 g/mol. The maximum absolute atomic E-state index is 5.97. The molecule has 0 atom stereocenters. The second-order valence-electron chi connectivity index (χ2n) is 5.40. The van der Waals surface area contributed by atoms with E-state index in [4.69, 9.17) is 11.6 Å². The highest BCUT2D eigenvalue weighted by molar-refractivity contribution is 6.30. The normalized spacial score (nSPS) is 11.0. The Labute approximate surface area is 146 Å². The molecule has 0 amide bonds. The van der Waals surface area contributed by atoms with E-state index in [-0.39, 0.29) is 0 Å². The van der Waals surface area contributed by atoms with Gasteiger partial charge < -0.3 is 0 Å². The Morgan fingerprint density at radius 3 is 2.54 bits per heavy atom. The molecule has 2 aromatic carbocycles. The summed E-state index contributed by atoms with van der Waals surface area (Å²) in [6, 6.07) is 17.4. The van der Waals surface area contributed by atoms with Gasteiger partial charge in [0.05, 0.1) is 6.21 Å². The largest absolute Gasteiger partial charge is 0.261 e. The van der Waals surface area contributed by atoms with Crippen LogP contribution in [0.25, 0.3) is 11.4 Å². The van der Waals surface area contributed by atoms with Gasteiger partial charge in [-0.25, -0.2) is 9.97 Å². The van der Waals surface area contributed by atoms with Gasteiger partial charge >= 0.3 is 0 Å². The molecule has 1 aromatic heterocycles. The molecule has 1 N–H and O–H groups in total. The molecule has 4 nitrogen and oxygen atoms in total. The summed E-state index contributed by atoms with van der Waals surface area (Å²) in [4.78, 5) is 9.15. The van der Waals surface area contributed by atoms with Gasteiger partial charge in [-0.3, -0.25) is 5.43 Å². The molecule has 0 spiro atoms. The Morgan fingerprint density at radius 1 is 1.00 bits per heavy atom.